The first-order valence-corrected chi connectivity index (χ1v) is 8.43. The van der Waals surface area contributed by atoms with Crippen LogP contribution >= 0.6 is 0 Å². The number of halogens is 3. The van der Waals surface area contributed by atoms with Gasteiger partial charge in [0.25, 0.3) is 0 Å². The molecule has 0 saturated heterocycles. The highest BCUT2D eigenvalue weighted by Crippen LogP contribution is 2.36. The predicted octanol–water partition coefficient (Wildman–Crippen LogP) is 3.39. The Bertz CT molecular complexity index is 1220. The van der Waals surface area contributed by atoms with E-state index in [1.54, 1.807) is 0 Å². The molecule has 2 aromatic carbocycles. The molecule has 1 heterocycles. The van der Waals surface area contributed by atoms with Crippen LogP contribution in [0.25, 0.3) is 17.2 Å². The van der Waals surface area contributed by atoms with E-state index in [9.17, 15) is 32.7 Å². The summed E-state index contributed by atoms with van der Waals surface area (Å²) in [4.78, 5) is 36.1. The average molecular weight is 421 g/mol. The van der Waals surface area contributed by atoms with Crippen molar-refractivity contribution in [3.8, 4) is 5.75 Å². The first kappa shape index (κ1) is 20.9. The minimum atomic E-state index is -4.75. The number of aromatic nitrogens is 1. The van der Waals surface area contributed by atoms with Crippen LogP contribution in [0.3, 0.4) is 0 Å². The van der Waals surface area contributed by atoms with Gasteiger partial charge in [-0.15, -0.1) is 0 Å². The number of oxazole rings is 1. The number of ketones is 1. The maximum absolute atomic E-state index is 12.9. The molecule has 0 atom stereocenters. The fourth-order valence-electron chi connectivity index (χ4n) is 2.77. The third-order valence-corrected chi connectivity index (χ3v) is 4.23. The van der Waals surface area contributed by atoms with Crippen molar-refractivity contribution >= 4 is 28.9 Å². The normalized spacial score (nSPS) is 11.9. The standard InChI is InChI=1S/C20H14F3NO6/c1-29-17(27)10-24-14-4-2-3-12(18(14)30-19(24)28)15(25)7-5-11-6-8-16(26)13(9-11)20(21,22)23/h2-9,26H,10H2,1H3/b7-5+. The van der Waals surface area contributed by atoms with E-state index in [0.717, 1.165) is 29.9 Å². The van der Waals surface area contributed by atoms with Crippen LogP contribution in [0.2, 0.25) is 0 Å². The summed E-state index contributed by atoms with van der Waals surface area (Å²) in [5.41, 5.74) is -1.09. The van der Waals surface area contributed by atoms with Crippen molar-refractivity contribution < 1.29 is 37.0 Å². The Morgan fingerprint density at radius 1 is 1.23 bits per heavy atom. The van der Waals surface area contributed by atoms with Crippen molar-refractivity contribution in [2.75, 3.05) is 7.11 Å². The lowest BCUT2D eigenvalue weighted by atomic mass is 10.1. The summed E-state index contributed by atoms with van der Waals surface area (Å²) in [5, 5.41) is 9.36. The number of aromatic hydroxyl groups is 1. The van der Waals surface area contributed by atoms with Crippen molar-refractivity contribution in [3.05, 3.63) is 69.7 Å². The minimum Gasteiger partial charge on any atom is -0.507 e. The number of ether oxygens (including phenoxy) is 1. The van der Waals surface area contributed by atoms with Crippen LogP contribution in [0.4, 0.5) is 13.2 Å². The summed E-state index contributed by atoms with van der Waals surface area (Å²) in [6.07, 6.45) is -2.60. The first-order chi connectivity index (χ1) is 14.1. The number of carbonyl (C=O) groups is 2. The lowest BCUT2D eigenvalue weighted by molar-refractivity contribution is -0.141. The number of rotatable bonds is 5. The highest BCUT2D eigenvalue weighted by Gasteiger charge is 2.33. The number of carbonyl (C=O) groups excluding carboxylic acids is 2. The number of phenols is 1. The predicted molar refractivity (Wildman–Crippen MR) is 99.0 cm³/mol. The van der Waals surface area contributed by atoms with E-state index < -0.39 is 41.5 Å². The average Bonchev–Trinajstić information content (AvgIpc) is 3.01. The quantitative estimate of drug-likeness (QED) is 0.385. The Labute approximate surface area is 166 Å². The third-order valence-electron chi connectivity index (χ3n) is 4.23. The van der Waals surface area contributed by atoms with Gasteiger partial charge in [-0.2, -0.15) is 13.2 Å². The van der Waals surface area contributed by atoms with E-state index in [1.807, 2.05) is 0 Å². The van der Waals surface area contributed by atoms with Crippen LogP contribution in [-0.4, -0.2) is 28.5 Å². The SMILES string of the molecule is COC(=O)Cn1c(=O)oc2c(C(=O)/C=C/c3ccc(O)c(C(F)(F)F)c3)cccc21. The van der Waals surface area contributed by atoms with Gasteiger partial charge in [-0.3, -0.25) is 14.2 Å². The smallest absolute Gasteiger partial charge is 0.420 e. The maximum atomic E-state index is 12.9. The van der Waals surface area contributed by atoms with Crippen molar-refractivity contribution in [3.63, 3.8) is 0 Å². The number of fused-ring (bicyclic) bond motifs is 1. The van der Waals surface area contributed by atoms with Crippen molar-refractivity contribution in [2.24, 2.45) is 0 Å². The molecule has 0 spiro atoms. The number of nitrogens with zero attached hydrogens (tertiary/aromatic N) is 1. The molecular formula is C20H14F3NO6. The van der Waals surface area contributed by atoms with Gasteiger partial charge >= 0.3 is 17.9 Å². The number of esters is 1. The molecule has 0 aliphatic rings. The summed E-state index contributed by atoms with van der Waals surface area (Å²) in [7, 11) is 1.16. The number of phenolic OH excluding ortho intramolecular Hbond substituents is 1. The summed E-state index contributed by atoms with van der Waals surface area (Å²) >= 11 is 0. The van der Waals surface area contributed by atoms with Crippen molar-refractivity contribution in [2.45, 2.75) is 12.7 Å². The van der Waals surface area contributed by atoms with Gasteiger partial charge < -0.3 is 14.3 Å². The molecule has 0 unspecified atom stereocenters. The zero-order chi connectivity index (χ0) is 22.1. The van der Waals surface area contributed by atoms with Gasteiger partial charge in [0.15, 0.2) is 11.4 Å². The number of benzene rings is 2. The zero-order valence-electron chi connectivity index (χ0n) is 15.4. The minimum absolute atomic E-state index is 0.0145. The number of para-hydroxylation sites is 1. The maximum Gasteiger partial charge on any atom is 0.420 e. The molecule has 0 bridgehead atoms. The van der Waals surface area contributed by atoms with E-state index in [4.69, 9.17) is 4.42 Å². The monoisotopic (exact) mass is 421 g/mol. The van der Waals surface area contributed by atoms with Crippen LogP contribution in [0.1, 0.15) is 21.5 Å². The second-order valence-electron chi connectivity index (χ2n) is 6.16. The summed E-state index contributed by atoms with van der Waals surface area (Å²) in [6, 6.07) is 7.10. The van der Waals surface area contributed by atoms with Crippen molar-refractivity contribution in [1.29, 1.82) is 0 Å². The Balaban J connectivity index is 1.96. The molecule has 156 valence electrons. The molecule has 3 rings (SSSR count). The van der Waals surface area contributed by atoms with Crippen molar-refractivity contribution in [1.82, 2.24) is 4.57 Å². The van der Waals surface area contributed by atoms with Crippen LogP contribution < -0.4 is 5.76 Å². The molecule has 0 fully saturated rings. The Morgan fingerprint density at radius 3 is 2.63 bits per heavy atom. The Hall–Kier alpha value is -3.82. The van der Waals surface area contributed by atoms with Gasteiger partial charge in [-0.1, -0.05) is 18.2 Å². The fraction of sp³-hybridized carbons (Fsp3) is 0.150. The van der Waals surface area contributed by atoms with E-state index in [2.05, 4.69) is 4.74 Å². The number of methoxy groups -OCH3 is 1. The molecule has 10 heteroatoms. The van der Waals surface area contributed by atoms with Crippen LogP contribution in [0, 0.1) is 0 Å². The van der Waals surface area contributed by atoms with Crippen LogP contribution in [-0.2, 0) is 22.3 Å². The van der Waals surface area contributed by atoms with Gasteiger partial charge in [-0.05, 0) is 35.9 Å². The number of hydrogen-bond acceptors (Lipinski definition) is 6. The molecule has 0 radical (unpaired) electrons. The molecule has 0 saturated carbocycles. The Kier molecular flexibility index (Phi) is 5.50. The fourth-order valence-corrected chi connectivity index (χ4v) is 2.77. The van der Waals surface area contributed by atoms with E-state index in [-0.39, 0.29) is 22.2 Å². The number of alkyl halides is 3. The summed E-state index contributed by atoms with van der Waals surface area (Å²) in [6.45, 7) is -0.413. The molecule has 1 aromatic heterocycles. The highest BCUT2D eigenvalue weighted by molar-refractivity contribution is 6.13. The second-order valence-corrected chi connectivity index (χ2v) is 6.16. The van der Waals surface area contributed by atoms with Gasteiger partial charge in [0.2, 0.25) is 0 Å². The summed E-state index contributed by atoms with van der Waals surface area (Å²) < 4.78 is 49.3. The third kappa shape index (κ3) is 4.12. The van der Waals surface area contributed by atoms with Crippen LogP contribution in [0.15, 0.2) is 51.7 Å². The lowest BCUT2D eigenvalue weighted by Crippen LogP contribution is -2.20. The number of hydrogen-bond donors (Lipinski definition) is 1. The molecule has 30 heavy (non-hydrogen) atoms. The molecule has 0 aliphatic heterocycles. The first-order valence-electron chi connectivity index (χ1n) is 8.43. The van der Waals surface area contributed by atoms with Gasteiger partial charge in [-0.25, -0.2) is 4.79 Å². The van der Waals surface area contributed by atoms with Gasteiger partial charge in [0.1, 0.15) is 12.3 Å². The highest BCUT2D eigenvalue weighted by atomic mass is 19.4. The number of allylic oxidation sites excluding steroid dienone is 1. The lowest BCUT2D eigenvalue weighted by Gasteiger charge is -2.09. The molecule has 0 amide bonds. The molecular weight excluding hydrogens is 407 g/mol. The van der Waals surface area contributed by atoms with Gasteiger partial charge in [0, 0.05) is 0 Å². The largest absolute Gasteiger partial charge is 0.507 e. The zero-order valence-corrected chi connectivity index (χ0v) is 15.4. The molecule has 0 aliphatic carbocycles. The van der Waals surface area contributed by atoms with E-state index in [0.29, 0.717) is 6.07 Å². The van der Waals surface area contributed by atoms with E-state index in [1.165, 1.54) is 24.3 Å². The van der Waals surface area contributed by atoms with Gasteiger partial charge in [0.05, 0.1) is 23.8 Å². The van der Waals surface area contributed by atoms with E-state index >= 15 is 0 Å². The second kappa shape index (κ2) is 7.90. The Morgan fingerprint density at radius 2 is 1.97 bits per heavy atom. The molecule has 7 nitrogen and oxygen atoms in total. The van der Waals surface area contributed by atoms with Crippen LogP contribution in [0.5, 0.6) is 5.75 Å². The molecule has 3 aromatic rings. The topological polar surface area (TPSA) is 98.7 Å². The summed E-state index contributed by atoms with van der Waals surface area (Å²) in [5.74, 6) is -3.12. The molecule has 1 N–H and O–H groups in total.